The van der Waals surface area contributed by atoms with Gasteiger partial charge in [-0.1, -0.05) is 36.0 Å². The van der Waals surface area contributed by atoms with E-state index in [2.05, 4.69) is 27.3 Å². The Morgan fingerprint density at radius 2 is 1.87 bits per heavy atom. The first-order chi connectivity index (χ1) is 14.8. The third kappa shape index (κ3) is 3.86. The molecule has 0 bridgehead atoms. The predicted octanol–water partition coefficient (Wildman–Crippen LogP) is 5.59. The van der Waals surface area contributed by atoms with Crippen LogP contribution in [-0.2, 0) is 6.54 Å². The van der Waals surface area contributed by atoms with Crippen molar-refractivity contribution in [3.05, 3.63) is 102 Å². The maximum absolute atomic E-state index is 6.28. The average Bonchev–Trinajstić information content (AvgIpc) is 3.52. The number of aromatic nitrogens is 1. The smallest absolute Gasteiger partial charge is 0.170 e. The van der Waals surface area contributed by atoms with E-state index in [1.165, 1.54) is 0 Å². The zero-order chi connectivity index (χ0) is 20.3. The molecule has 0 unspecified atom stereocenters. The number of benzene rings is 1. The summed E-state index contributed by atoms with van der Waals surface area (Å²) in [6, 6.07) is 23.7. The van der Waals surface area contributed by atoms with Gasteiger partial charge in [-0.05, 0) is 60.7 Å². The molecule has 0 saturated carbocycles. The van der Waals surface area contributed by atoms with Crippen LogP contribution < -0.4 is 5.32 Å². The highest BCUT2D eigenvalue weighted by molar-refractivity contribution is 7.99. The quantitative estimate of drug-likeness (QED) is 0.398. The van der Waals surface area contributed by atoms with Crippen molar-refractivity contribution in [1.29, 1.82) is 0 Å². The highest BCUT2D eigenvalue weighted by atomic mass is 32.2. The summed E-state index contributed by atoms with van der Waals surface area (Å²) in [5, 5.41) is 4.92. The van der Waals surface area contributed by atoms with E-state index in [-0.39, 0.29) is 12.1 Å². The van der Waals surface area contributed by atoms with Gasteiger partial charge >= 0.3 is 0 Å². The molecule has 1 fully saturated rings. The van der Waals surface area contributed by atoms with Crippen molar-refractivity contribution >= 4 is 29.1 Å². The Morgan fingerprint density at radius 1 is 1.00 bits per heavy atom. The molecule has 1 aromatic carbocycles. The Kier molecular flexibility index (Phi) is 5.29. The summed E-state index contributed by atoms with van der Waals surface area (Å²) in [5.41, 5.74) is 0.917. The fourth-order valence-corrected chi connectivity index (χ4v) is 4.71. The minimum atomic E-state index is -0.136. The van der Waals surface area contributed by atoms with Crippen molar-refractivity contribution in [2.24, 2.45) is 0 Å². The van der Waals surface area contributed by atoms with Gasteiger partial charge in [0.05, 0.1) is 24.5 Å². The van der Waals surface area contributed by atoms with Crippen LogP contribution in [0.15, 0.2) is 104 Å². The molecule has 1 saturated heterocycles. The first-order valence-corrected chi connectivity index (χ1v) is 10.8. The Bertz CT molecular complexity index is 1110. The average molecular weight is 434 g/mol. The second-order valence-electron chi connectivity index (χ2n) is 6.91. The van der Waals surface area contributed by atoms with E-state index in [0.29, 0.717) is 11.7 Å². The monoisotopic (exact) mass is 433 g/mol. The fraction of sp³-hybridized carbons (Fsp3) is 0.130. The number of furan rings is 2. The van der Waals surface area contributed by atoms with E-state index in [1.54, 1.807) is 24.2 Å². The molecule has 1 aliphatic rings. The summed E-state index contributed by atoms with van der Waals surface area (Å²) in [7, 11) is 0. The Morgan fingerprint density at radius 3 is 2.63 bits per heavy atom. The molecule has 0 radical (unpaired) electrons. The van der Waals surface area contributed by atoms with Gasteiger partial charge in [-0.2, -0.15) is 0 Å². The van der Waals surface area contributed by atoms with Gasteiger partial charge in [-0.3, -0.25) is 4.98 Å². The number of hydrogen-bond donors (Lipinski definition) is 1. The first kappa shape index (κ1) is 19.0. The fourth-order valence-electron chi connectivity index (χ4n) is 3.61. The number of rotatable bonds is 6. The van der Waals surface area contributed by atoms with Gasteiger partial charge in [0.15, 0.2) is 10.2 Å². The standard InChI is InChI=1S/C23H19N3O2S2/c29-23-25-21(18-10-4-5-13-24-18)22(26(23)15-16-7-6-14-27-16)19-11-12-20(28-19)30-17-8-2-1-3-9-17/h1-14,21-22H,15H2,(H,25,29)/t21-,22+/m0/s1. The maximum Gasteiger partial charge on any atom is 0.170 e. The summed E-state index contributed by atoms with van der Waals surface area (Å²) in [6.45, 7) is 0.550. The van der Waals surface area contributed by atoms with E-state index >= 15 is 0 Å². The van der Waals surface area contributed by atoms with E-state index in [1.807, 2.05) is 60.7 Å². The molecular formula is C23H19N3O2S2. The zero-order valence-corrected chi connectivity index (χ0v) is 17.6. The van der Waals surface area contributed by atoms with Gasteiger partial charge in [0.25, 0.3) is 0 Å². The van der Waals surface area contributed by atoms with Gasteiger partial charge in [0, 0.05) is 11.1 Å². The van der Waals surface area contributed by atoms with Crippen LogP contribution in [-0.4, -0.2) is 15.0 Å². The van der Waals surface area contributed by atoms with Gasteiger partial charge in [0.2, 0.25) is 0 Å². The molecule has 4 heterocycles. The van der Waals surface area contributed by atoms with Crippen LogP contribution >= 0.6 is 24.0 Å². The topological polar surface area (TPSA) is 54.4 Å². The molecule has 5 rings (SSSR count). The summed E-state index contributed by atoms with van der Waals surface area (Å²) < 4.78 is 11.9. The molecule has 0 aliphatic carbocycles. The Labute approximate surface area is 184 Å². The lowest BCUT2D eigenvalue weighted by Gasteiger charge is -2.25. The molecule has 1 aliphatic heterocycles. The van der Waals surface area contributed by atoms with Crippen LogP contribution in [0.1, 0.15) is 29.3 Å². The molecular weight excluding hydrogens is 414 g/mol. The third-order valence-electron chi connectivity index (χ3n) is 4.96. The molecule has 5 nitrogen and oxygen atoms in total. The minimum absolute atomic E-state index is 0.116. The van der Waals surface area contributed by atoms with Crippen molar-refractivity contribution in [1.82, 2.24) is 15.2 Å². The van der Waals surface area contributed by atoms with Crippen LogP contribution in [0.25, 0.3) is 0 Å². The molecule has 150 valence electrons. The van der Waals surface area contributed by atoms with E-state index < -0.39 is 0 Å². The predicted molar refractivity (Wildman–Crippen MR) is 119 cm³/mol. The highest BCUT2D eigenvalue weighted by Gasteiger charge is 2.42. The summed E-state index contributed by atoms with van der Waals surface area (Å²) in [4.78, 5) is 7.79. The van der Waals surface area contributed by atoms with Gasteiger partial charge in [-0.15, -0.1) is 0 Å². The maximum atomic E-state index is 6.28. The SMILES string of the molecule is S=C1N[C@@H](c2ccccn2)[C@@H](c2ccc(Sc3ccccc3)o2)N1Cc1ccco1. The van der Waals surface area contributed by atoms with Crippen LogP contribution in [0, 0.1) is 0 Å². The summed E-state index contributed by atoms with van der Waals surface area (Å²) in [6.07, 6.45) is 3.47. The lowest BCUT2D eigenvalue weighted by molar-refractivity contribution is 0.241. The Balaban J connectivity index is 1.48. The normalized spacial score (nSPS) is 18.5. The number of pyridine rings is 1. The van der Waals surface area contributed by atoms with Crippen molar-refractivity contribution in [2.45, 2.75) is 28.6 Å². The lowest BCUT2D eigenvalue weighted by Crippen LogP contribution is -2.28. The van der Waals surface area contributed by atoms with Crippen LogP contribution in [0.2, 0.25) is 0 Å². The van der Waals surface area contributed by atoms with Gasteiger partial charge < -0.3 is 19.1 Å². The van der Waals surface area contributed by atoms with Crippen molar-refractivity contribution < 1.29 is 8.83 Å². The van der Waals surface area contributed by atoms with E-state index in [0.717, 1.165) is 27.2 Å². The molecule has 7 heteroatoms. The minimum Gasteiger partial charge on any atom is -0.467 e. The third-order valence-corrected chi connectivity index (χ3v) is 6.24. The van der Waals surface area contributed by atoms with Crippen molar-refractivity contribution in [3.63, 3.8) is 0 Å². The lowest BCUT2D eigenvalue weighted by atomic mass is 10.0. The molecule has 0 spiro atoms. The van der Waals surface area contributed by atoms with Crippen molar-refractivity contribution in [2.75, 3.05) is 0 Å². The number of hydrogen-bond acceptors (Lipinski definition) is 5. The second kappa shape index (κ2) is 8.38. The second-order valence-corrected chi connectivity index (χ2v) is 8.37. The molecule has 1 N–H and O–H groups in total. The highest BCUT2D eigenvalue weighted by Crippen LogP contribution is 2.41. The molecule has 4 aromatic rings. The van der Waals surface area contributed by atoms with E-state index in [9.17, 15) is 0 Å². The molecule has 2 atom stereocenters. The van der Waals surface area contributed by atoms with Crippen molar-refractivity contribution in [3.8, 4) is 0 Å². The molecule has 3 aromatic heterocycles. The number of nitrogens with zero attached hydrogens (tertiary/aromatic N) is 2. The van der Waals surface area contributed by atoms with Crippen LogP contribution in [0.3, 0.4) is 0 Å². The van der Waals surface area contributed by atoms with Crippen LogP contribution in [0.4, 0.5) is 0 Å². The number of thiocarbonyl (C=S) groups is 1. The van der Waals surface area contributed by atoms with Gasteiger partial charge in [-0.25, -0.2) is 0 Å². The van der Waals surface area contributed by atoms with E-state index in [4.69, 9.17) is 21.1 Å². The molecule has 0 amide bonds. The number of nitrogens with one attached hydrogen (secondary N) is 1. The first-order valence-electron chi connectivity index (χ1n) is 9.61. The zero-order valence-electron chi connectivity index (χ0n) is 16.0. The summed E-state index contributed by atoms with van der Waals surface area (Å²) in [5.74, 6) is 1.68. The summed E-state index contributed by atoms with van der Waals surface area (Å²) >= 11 is 7.28. The Hall–Kier alpha value is -3.03. The molecule has 30 heavy (non-hydrogen) atoms. The van der Waals surface area contributed by atoms with Gasteiger partial charge in [0.1, 0.15) is 17.6 Å². The van der Waals surface area contributed by atoms with Crippen LogP contribution in [0.5, 0.6) is 0 Å². The largest absolute Gasteiger partial charge is 0.467 e.